The van der Waals surface area contributed by atoms with Crippen molar-refractivity contribution in [1.29, 1.82) is 0 Å². The van der Waals surface area contributed by atoms with Gasteiger partial charge in [-0.25, -0.2) is 4.98 Å². The number of benzene rings is 1. The van der Waals surface area contributed by atoms with Crippen molar-refractivity contribution in [1.82, 2.24) is 9.97 Å². The molecular formula is C18H18N2OS2. The van der Waals surface area contributed by atoms with Crippen molar-refractivity contribution in [2.45, 2.75) is 37.1 Å². The fraction of sp³-hybridized carbons (Fsp3) is 0.333. The molecule has 1 atom stereocenters. The van der Waals surface area contributed by atoms with Crippen LogP contribution in [0.5, 0.6) is 0 Å². The summed E-state index contributed by atoms with van der Waals surface area (Å²) in [4.78, 5) is 22.5. The van der Waals surface area contributed by atoms with Crippen LogP contribution >= 0.6 is 23.1 Å². The van der Waals surface area contributed by atoms with Gasteiger partial charge in [-0.3, -0.25) is 4.79 Å². The van der Waals surface area contributed by atoms with E-state index in [1.165, 1.54) is 22.4 Å². The van der Waals surface area contributed by atoms with E-state index in [0.717, 1.165) is 34.0 Å². The van der Waals surface area contributed by atoms with Gasteiger partial charge < -0.3 is 4.98 Å². The first-order valence-corrected chi connectivity index (χ1v) is 9.72. The van der Waals surface area contributed by atoms with Gasteiger partial charge >= 0.3 is 0 Å². The molecule has 5 heteroatoms. The molecule has 3 aromatic rings. The highest BCUT2D eigenvalue weighted by molar-refractivity contribution is 7.98. The van der Waals surface area contributed by atoms with Crippen molar-refractivity contribution in [3.05, 3.63) is 56.7 Å². The smallest absolute Gasteiger partial charge is 0.260 e. The first-order valence-electron chi connectivity index (χ1n) is 7.92. The summed E-state index contributed by atoms with van der Waals surface area (Å²) in [7, 11) is 0. The minimum atomic E-state index is 0.0256. The zero-order valence-corrected chi connectivity index (χ0v) is 14.6. The third-order valence-corrected chi connectivity index (χ3v) is 6.45. The van der Waals surface area contributed by atoms with Gasteiger partial charge in [0.05, 0.1) is 5.39 Å². The third-order valence-electron chi connectivity index (χ3n) is 4.36. The number of nitrogens with zero attached hydrogens (tertiary/aromatic N) is 1. The van der Waals surface area contributed by atoms with Crippen molar-refractivity contribution in [3.8, 4) is 0 Å². The molecule has 0 saturated heterocycles. The lowest BCUT2D eigenvalue weighted by atomic mass is 9.89. The Balaban J connectivity index is 1.66. The average Bonchev–Trinajstić information content (AvgIpc) is 2.91. The molecule has 1 aliphatic rings. The Morgan fingerprint density at radius 1 is 1.35 bits per heavy atom. The highest BCUT2D eigenvalue weighted by Gasteiger charge is 2.23. The van der Waals surface area contributed by atoms with Crippen LogP contribution in [0.3, 0.4) is 0 Å². The van der Waals surface area contributed by atoms with Crippen molar-refractivity contribution in [3.63, 3.8) is 0 Å². The molecule has 0 saturated carbocycles. The summed E-state index contributed by atoms with van der Waals surface area (Å²) in [5.74, 6) is 1.53. The van der Waals surface area contributed by atoms with Gasteiger partial charge in [-0.15, -0.1) is 11.3 Å². The Morgan fingerprint density at radius 2 is 2.17 bits per heavy atom. The summed E-state index contributed by atoms with van der Waals surface area (Å²) in [6.45, 7) is 2.28. The molecule has 0 aliphatic heterocycles. The summed E-state index contributed by atoms with van der Waals surface area (Å²) in [5.41, 5.74) is 2.51. The molecule has 0 radical (unpaired) electrons. The van der Waals surface area contributed by atoms with Crippen molar-refractivity contribution >= 4 is 33.3 Å². The lowest BCUT2D eigenvalue weighted by Crippen LogP contribution is -2.13. The molecule has 0 fully saturated rings. The molecule has 3 nitrogen and oxygen atoms in total. The van der Waals surface area contributed by atoms with Crippen molar-refractivity contribution in [2.24, 2.45) is 5.92 Å². The number of H-pyrrole nitrogens is 1. The number of hydrogen-bond donors (Lipinski definition) is 1. The summed E-state index contributed by atoms with van der Waals surface area (Å²) < 4.78 is 0. The van der Waals surface area contributed by atoms with Crippen LogP contribution in [0, 0.1) is 5.92 Å². The lowest BCUT2D eigenvalue weighted by Gasteiger charge is -2.17. The lowest BCUT2D eigenvalue weighted by molar-refractivity contribution is 0.509. The van der Waals surface area contributed by atoms with Gasteiger partial charge in [0.2, 0.25) is 0 Å². The van der Waals surface area contributed by atoms with Crippen LogP contribution in [0.2, 0.25) is 0 Å². The standard InChI is InChI=1S/C18H18N2OS2/c1-11-7-8-13-14(9-11)23-17-15(13)16(21)19-18(20-17)22-10-12-5-3-2-4-6-12/h2-6,11H,7-10H2,1H3,(H,19,20,21)/t11-/m1/s1. The van der Waals surface area contributed by atoms with E-state index in [0.29, 0.717) is 5.92 Å². The second-order valence-corrected chi connectivity index (χ2v) is 8.22. The summed E-state index contributed by atoms with van der Waals surface area (Å²) >= 11 is 3.30. The van der Waals surface area contributed by atoms with Gasteiger partial charge in [0.1, 0.15) is 4.83 Å². The van der Waals surface area contributed by atoms with Crippen LogP contribution < -0.4 is 5.56 Å². The SMILES string of the molecule is C[C@@H]1CCc2c(sc3nc(SCc4ccccc4)[nH]c(=O)c23)C1. The maximum atomic E-state index is 12.5. The van der Waals surface area contributed by atoms with Crippen LogP contribution in [0.4, 0.5) is 0 Å². The third kappa shape index (κ3) is 2.95. The predicted molar refractivity (Wildman–Crippen MR) is 97.4 cm³/mol. The second kappa shape index (κ2) is 6.13. The van der Waals surface area contributed by atoms with Gasteiger partial charge in [0, 0.05) is 10.6 Å². The molecule has 0 spiro atoms. The molecule has 1 aromatic carbocycles. The molecule has 1 N–H and O–H groups in total. The Labute approximate surface area is 143 Å². The number of rotatable bonds is 3. The average molecular weight is 342 g/mol. The minimum Gasteiger partial charge on any atom is -0.301 e. The Bertz CT molecular complexity index is 899. The number of aryl methyl sites for hydroxylation is 1. The van der Waals surface area contributed by atoms with Crippen LogP contribution in [0.1, 0.15) is 29.3 Å². The van der Waals surface area contributed by atoms with E-state index in [1.54, 1.807) is 23.1 Å². The number of aromatic nitrogens is 2. The number of nitrogens with one attached hydrogen (secondary N) is 1. The van der Waals surface area contributed by atoms with Gasteiger partial charge in [0.15, 0.2) is 5.16 Å². The van der Waals surface area contributed by atoms with E-state index in [1.807, 2.05) is 18.2 Å². The number of fused-ring (bicyclic) bond motifs is 3. The zero-order valence-electron chi connectivity index (χ0n) is 13.0. The monoisotopic (exact) mass is 342 g/mol. The number of thiophene rings is 1. The van der Waals surface area contributed by atoms with Gasteiger partial charge in [-0.2, -0.15) is 0 Å². The molecule has 118 valence electrons. The first kappa shape index (κ1) is 15.0. The summed E-state index contributed by atoms with van der Waals surface area (Å²) in [5, 5.41) is 1.55. The zero-order chi connectivity index (χ0) is 15.8. The molecule has 23 heavy (non-hydrogen) atoms. The molecular weight excluding hydrogens is 324 g/mol. The van der Waals surface area contributed by atoms with E-state index in [2.05, 4.69) is 24.0 Å². The highest BCUT2D eigenvalue weighted by atomic mass is 32.2. The number of hydrogen-bond acceptors (Lipinski definition) is 4. The van der Waals surface area contributed by atoms with E-state index < -0.39 is 0 Å². The predicted octanol–water partition coefficient (Wildman–Crippen LogP) is 4.40. The first-order chi connectivity index (χ1) is 11.2. The van der Waals surface area contributed by atoms with E-state index in [-0.39, 0.29) is 5.56 Å². The van der Waals surface area contributed by atoms with Crippen LogP contribution in [0.15, 0.2) is 40.3 Å². The van der Waals surface area contributed by atoms with Crippen LogP contribution in [-0.4, -0.2) is 9.97 Å². The maximum Gasteiger partial charge on any atom is 0.260 e. The molecule has 0 bridgehead atoms. The van der Waals surface area contributed by atoms with Gasteiger partial charge in [0.25, 0.3) is 5.56 Å². The largest absolute Gasteiger partial charge is 0.301 e. The van der Waals surface area contributed by atoms with E-state index in [9.17, 15) is 4.79 Å². The van der Waals surface area contributed by atoms with E-state index >= 15 is 0 Å². The normalized spacial score (nSPS) is 17.3. The van der Waals surface area contributed by atoms with Crippen molar-refractivity contribution in [2.75, 3.05) is 0 Å². The topological polar surface area (TPSA) is 45.8 Å². The maximum absolute atomic E-state index is 12.5. The number of thioether (sulfide) groups is 1. The minimum absolute atomic E-state index is 0.0256. The molecule has 4 rings (SSSR count). The van der Waals surface area contributed by atoms with E-state index in [4.69, 9.17) is 4.98 Å². The second-order valence-electron chi connectivity index (χ2n) is 6.18. The molecule has 0 unspecified atom stereocenters. The quantitative estimate of drug-likeness (QED) is 0.567. The summed E-state index contributed by atoms with van der Waals surface area (Å²) in [6, 6.07) is 10.3. The molecule has 2 heterocycles. The fourth-order valence-electron chi connectivity index (χ4n) is 3.12. The molecule has 2 aromatic heterocycles. The fourth-order valence-corrected chi connectivity index (χ4v) is 5.38. The number of aromatic amines is 1. The molecule has 1 aliphatic carbocycles. The van der Waals surface area contributed by atoms with Crippen LogP contribution in [-0.2, 0) is 18.6 Å². The summed E-state index contributed by atoms with van der Waals surface area (Å²) in [6.07, 6.45) is 3.27. The van der Waals surface area contributed by atoms with Gasteiger partial charge in [-0.05, 0) is 36.3 Å². The Morgan fingerprint density at radius 3 is 3.00 bits per heavy atom. The molecule has 0 amide bonds. The highest BCUT2D eigenvalue weighted by Crippen LogP contribution is 2.36. The Kier molecular flexibility index (Phi) is 3.99. The van der Waals surface area contributed by atoms with Crippen LogP contribution in [0.25, 0.3) is 10.2 Å². The van der Waals surface area contributed by atoms with Gasteiger partial charge in [-0.1, -0.05) is 49.0 Å². The van der Waals surface area contributed by atoms with Crippen molar-refractivity contribution < 1.29 is 0 Å². The Hall–Kier alpha value is -1.59.